The first-order valence-electron chi connectivity index (χ1n) is 8.47. The number of amides is 3. The van der Waals surface area contributed by atoms with E-state index in [4.69, 9.17) is 5.11 Å². The molecule has 2 aliphatic heterocycles. The van der Waals surface area contributed by atoms with Crippen LogP contribution in [0.2, 0.25) is 0 Å². The van der Waals surface area contributed by atoms with Crippen molar-refractivity contribution in [3.8, 4) is 0 Å². The van der Waals surface area contributed by atoms with Crippen molar-refractivity contribution in [2.75, 3.05) is 26.2 Å². The lowest BCUT2D eigenvalue weighted by atomic mass is 9.74. The number of piperidine rings is 1. The fourth-order valence-corrected chi connectivity index (χ4v) is 3.56. The molecule has 0 aliphatic carbocycles. The van der Waals surface area contributed by atoms with E-state index in [0.29, 0.717) is 25.3 Å². The highest BCUT2D eigenvalue weighted by Crippen LogP contribution is 2.36. The molecule has 2 aliphatic rings. The van der Waals surface area contributed by atoms with Crippen LogP contribution in [0.3, 0.4) is 0 Å². The zero-order chi connectivity index (χ0) is 16.2. The third-order valence-corrected chi connectivity index (χ3v) is 4.89. The highest BCUT2D eigenvalue weighted by Gasteiger charge is 2.54. The number of hydrogen-bond acceptors (Lipinski definition) is 4. The normalized spacial score (nSPS) is 26.8. The molecule has 22 heavy (non-hydrogen) atoms. The third kappa shape index (κ3) is 3.43. The summed E-state index contributed by atoms with van der Waals surface area (Å²) in [6.45, 7) is 6.36. The summed E-state index contributed by atoms with van der Waals surface area (Å²) in [7, 11) is 0. The van der Waals surface area contributed by atoms with Gasteiger partial charge in [-0.15, -0.1) is 0 Å². The molecule has 1 atom stereocenters. The second-order valence-electron chi connectivity index (χ2n) is 6.89. The Morgan fingerprint density at radius 3 is 2.59 bits per heavy atom. The summed E-state index contributed by atoms with van der Waals surface area (Å²) in [6.07, 6.45) is 3.89. The van der Waals surface area contributed by atoms with E-state index in [2.05, 4.69) is 24.5 Å². The Balaban J connectivity index is 2.20. The molecule has 2 rings (SSSR count). The number of urea groups is 1. The highest BCUT2D eigenvalue weighted by molar-refractivity contribution is 6.07. The monoisotopic (exact) mass is 311 g/mol. The van der Waals surface area contributed by atoms with Crippen LogP contribution in [0, 0.1) is 11.8 Å². The molecule has 1 unspecified atom stereocenters. The van der Waals surface area contributed by atoms with Crippen molar-refractivity contribution in [1.29, 1.82) is 0 Å². The average Bonchev–Trinajstić information content (AvgIpc) is 2.76. The van der Waals surface area contributed by atoms with E-state index in [0.717, 1.165) is 32.4 Å². The molecule has 0 radical (unpaired) electrons. The first-order valence-corrected chi connectivity index (χ1v) is 8.47. The van der Waals surface area contributed by atoms with E-state index in [1.807, 2.05) is 0 Å². The lowest BCUT2D eigenvalue weighted by molar-refractivity contribution is -0.134. The molecule has 6 heteroatoms. The summed E-state index contributed by atoms with van der Waals surface area (Å²) in [5.74, 6) is 0.608. The first kappa shape index (κ1) is 17.2. The Labute approximate surface area is 132 Å². The smallest absolute Gasteiger partial charge is 0.325 e. The lowest BCUT2D eigenvalue weighted by Gasteiger charge is -2.38. The van der Waals surface area contributed by atoms with Crippen LogP contribution < -0.4 is 10.6 Å². The minimum absolute atomic E-state index is 0.0105. The summed E-state index contributed by atoms with van der Waals surface area (Å²) in [4.78, 5) is 26.6. The maximum absolute atomic E-state index is 13.0. The van der Waals surface area contributed by atoms with Gasteiger partial charge in [0.25, 0.3) is 5.91 Å². The maximum Gasteiger partial charge on any atom is 0.325 e. The SMILES string of the molecule is CC(C)CCC1(C2CCNCC2)NC(=O)N(CCCO)C1=O. The number of nitrogens with one attached hydrogen (secondary N) is 2. The quantitative estimate of drug-likeness (QED) is 0.615. The van der Waals surface area contributed by atoms with Crippen LogP contribution in [0.5, 0.6) is 0 Å². The van der Waals surface area contributed by atoms with E-state index < -0.39 is 5.54 Å². The fraction of sp³-hybridized carbons (Fsp3) is 0.875. The van der Waals surface area contributed by atoms with Crippen molar-refractivity contribution < 1.29 is 14.7 Å². The van der Waals surface area contributed by atoms with Gasteiger partial charge in [-0.3, -0.25) is 9.69 Å². The number of carbonyl (C=O) groups is 2. The predicted molar refractivity (Wildman–Crippen MR) is 84.3 cm³/mol. The van der Waals surface area contributed by atoms with Gasteiger partial charge in [0.15, 0.2) is 0 Å². The average molecular weight is 311 g/mol. The van der Waals surface area contributed by atoms with Crippen molar-refractivity contribution in [3.63, 3.8) is 0 Å². The Morgan fingerprint density at radius 2 is 2.00 bits per heavy atom. The van der Waals surface area contributed by atoms with E-state index in [1.165, 1.54) is 4.90 Å². The molecule has 6 nitrogen and oxygen atoms in total. The van der Waals surface area contributed by atoms with Gasteiger partial charge in [-0.25, -0.2) is 4.79 Å². The van der Waals surface area contributed by atoms with Crippen molar-refractivity contribution in [3.05, 3.63) is 0 Å². The largest absolute Gasteiger partial charge is 0.396 e. The van der Waals surface area contributed by atoms with E-state index in [-0.39, 0.29) is 24.5 Å². The number of aliphatic hydroxyl groups is 1. The number of carbonyl (C=O) groups excluding carboxylic acids is 2. The van der Waals surface area contributed by atoms with Crippen molar-refractivity contribution >= 4 is 11.9 Å². The molecule has 2 fully saturated rings. The van der Waals surface area contributed by atoms with Crippen LogP contribution in [-0.2, 0) is 4.79 Å². The van der Waals surface area contributed by atoms with Gasteiger partial charge in [0.05, 0.1) is 0 Å². The van der Waals surface area contributed by atoms with E-state index >= 15 is 0 Å². The topological polar surface area (TPSA) is 81.7 Å². The van der Waals surface area contributed by atoms with Crippen LogP contribution in [0.1, 0.15) is 46.0 Å². The van der Waals surface area contributed by atoms with Gasteiger partial charge in [0.1, 0.15) is 5.54 Å². The van der Waals surface area contributed by atoms with Crippen molar-refractivity contribution in [1.82, 2.24) is 15.5 Å². The third-order valence-electron chi connectivity index (χ3n) is 4.89. The standard InChI is InChI=1S/C16H29N3O3/c1-12(2)4-7-16(13-5-8-17-9-6-13)14(21)19(10-3-11-20)15(22)18-16/h12-13,17,20H,3-11H2,1-2H3,(H,18,22). The molecule has 2 saturated heterocycles. The van der Waals surface area contributed by atoms with Crippen LogP contribution in [-0.4, -0.2) is 53.7 Å². The first-order chi connectivity index (χ1) is 10.5. The predicted octanol–water partition coefficient (Wildman–Crippen LogP) is 1.10. The highest BCUT2D eigenvalue weighted by atomic mass is 16.3. The minimum Gasteiger partial charge on any atom is -0.396 e. The molecular formula is C16H29N3O3. The molecule has 2 heterocycles. The summed E-state index contributed by atoms with van der Waals surface area (Å²) >= 11 is 0. The molecule has 0 saturated carbocycles. The Bertz CT molecular complexity index is 407. The van der Waals surface area contributed by atoms with Crippen LogP contribution in [0.25, 0.3) is 0 Å². The molecule has 0 aromatic heterocycles. The van der Waals surface area contributed by atoms with Crippen molar-refractivity contribution in [2.24, 2.45) is 11.8 Å². The molecule has 0 aromatic carbocycles. The number of aliphatic hydroxyl groups excluding tert-OH is 1. The number of nitrogens with zero attached hydrogens (tertiary/aromatic N) is 1. The van der Waals surface area contributed by atoms with Gasteiger partial charge >= 0.3 is 6.03 Å². The van der Waals surface area contributed by atoms with Gasteiger partial charge in [-0.1, -0.05) is 13.8 Å². The number of imide groups is 1. The molecule has 3 amide bonds. The fourth-order valence-electron chi connectivity index (χ4n) is 3.56. The maximum atomic E-state index is 13.0. The zero-order valence-electron chi connectivity index (χ0n) is 13.7. The summed E-state index contributed by atoms with van der Waals surface area (Å²) < 4.78 is 0. The van der Waals surface area contributed by atoms with Gasteiger partial charge in [0, 0.05) is 13.2 Å². The second kappa shape index (κ2) is 7.42. The summed E-state index contributed by atoms with van der Waals surface area (Å²) in [5, 5.41) is 15.3. The number of rotatable bonds is 7. The molecule has 0 spiro atoms. The van der Waals surface area contributed by atoms with Gasteiger partial charge < -0.3 is 15.7 Å². The molecule has 0 bridgehead atoms. The van der Waals surface area contributed by atoms with Crippen LogP contribution in [0.15, 0.2) is 0 Å². The minimum atomic E-state index is -0.737. The van der Waals surface area contributed by atoms with E-state index in [1.54, 1.807) is 0 Å². The number of hydrogen-bond donors (Lipinski definition) is 3. The van der Waals surface area contributed by atoms with Gasteiger partial charge in [-0.05, 0) is 57.0 Å². The summed E-state index contributed by atoms with van der Waals surface area (Å²) in [6, 6.07) is -0.291. The second-order valence-corrected chi connectivity index (χ2v) is 6.89. The van der Waals surface area contributed by atoms with Crippen LogP contribution >= 0.6 is 0 Å². The molecule has 0 aromatic rings. The van der Waals surface area contributed by atoms with Gasteiger partial charge in [-0.2, -0.15) is 0 Å². The van der Waals surface area contributed by atoms with Crippen LogP contribution in [0.4, 0.5) is 4.79 Å². The Morgan fingerprint density at radius 1 is 1.32 bits per heavy atom. The zero-order valence-corrected chi connectivity index (χ0v) is 13.7. The molecule has 3 N–H and O–H groups in total. The lowest BCUT2D eigenvalue weighted by Crippen LogP contribution is -2.56. The van der Waals surface area contributed by atoms with E-state index in [9.17, 15) is 9.59 Å². The molecule has 126 valence electrons. The summed E-state index contributed by atoms with van der Waals surface area (Å²) in [5.41, 5.74) is -0.737. The Kier molecular flexibility index (Phi) is 5.81. The van der Waals surface area contributed by atoms with Gasteiger partial charge in [0.2, 0.25) is 0 Å². The molecular weight excluding hydrogens is 282 g/mol. The van der Waals surface area contributed by atoms with Crippen molar-refractivity contribution in [2.45, 2.75) is 51.5 Å². The Hall–Kier alpha value is -1.14.